The molecule has 4 heterocycles. The molecule has 100 valence electrons. The van der Waals surface area contributed by atoms with Crippen LogP contribution in [0.1, 0.15) is 25.7 Å². The van der Waals surface area contributed by atoms with Crippen LogP contribution in [-0.2, 0) is 18.9 Å². The Morgan fingerprint density at radius 2 is 1.83 bits per heavy atom. The van der Waals surface area contributed by atoms with Crippen molar-refractivity contribution in [2.45, 2.75) is 44.2 Å². The van der Waals surface area contributed by atoms with Gasteiger partial charge in [-0.05, 0) is 19.3 Å². The van der Waals surface area contributed by atoms with Crippen LogP contribution in [0.25, 0.3) is 0 Å². The van der Waals surface area contributed by atoms with Gasteiger partial charge in [0.05, 0.1) is 6.61 Å². The normalized spacial score (nSPS) is 39.1. The highest BCUT2D eigenvalue weighted by Crippen LogP contribution is 2.37. The van der Waals surface area contributed by atoms with Gasteiger partial charge in [-0.15, -0.1) is 0 Å². The number of rotatable bonds is 3. The predicted molar refractivity (Wildman–Crippen MR) is 62.5 cm³/mol. The van der Waals surface area contributed by atoms with E-state index in [1.54, 1.807) is 0 Å². The highest BCUT2D eigenvalue weighted by atomic mass is 16.7. The van der Waals surface area contributed by atoms with Gasteiger partial charge in [0, 0.05) is 26.1 Å². The van der Waals surface area contributed by atoms with Crippen molar-refractivity contribution in [1.29, 1.82) is 0 Å². The summed E-state index contributed by atoms with van der Waals surface area (Å²) in [6.45, 7) is 3.78. The van der Waals surface area contributed by atoms with Crippen LogP contribution in [0, 0.1) is 0 Å². The van der Waals surface area contributed by atoms with Crippen molar-refractivity contribution < 1.29 is 18.9 Å². The Labute approximate surface area is 107 Å². The SMILES string of the molecule is C1COC(C2OC(C3CCO3)=C(N3CCC3)O2)C1. The zero-order chi connectivity index (χ0) is 11.9. The van der Waals surface area contributed by atoms with Crippen molar-refractivity contribution in [3.8, 4) is 0 Å². The average molecular weight is 253 g/mol. The minimum Gasteiger partial charge on any atom is -0.448 e. The van der Waals surface area contributed by atoms with Crippen LogP contribution >= 0.6 is 0 Å². The van der Waals surface area contributed by atoms with E-state index >= 15 is 0 Å². The molecule has 0 aliphatic carbocycles. The first-order chi connectivity index (χ1) is 8.92. The van der Waals surface area contributed by atoms with E-state index in [4.69, 9.17) is 18.9 Å². The van der Waals surface area contributed by atoms with Gasteiger partial charge in [-0.2, -0.15) is 0 Å². The second-order valence-corrected chi connectivity index (χ2v) is 5.31. The van der Waals surface area contributed by atoms with Crippen molar-refractivity contribution >= 4 is 0 Å². The largest absolute Gasteiger partial charge is 0.448 e. The van der Waals surface area contributed by atoms with Gasteiger partial charge in [-0.3, -0.25) is 0 Å². The number of hydrogen-bond donors (Lipinski definition) is 0. The van der Waals surface area contributed by atoms with Crippen LogP contribution in [0.3, 0.4) is 0 Å². The van der Waals surface area contributed by atoms with E-state index < -0.39 is 0 Å². The van der Waals surface area contributed by atoms with Gasteiger partial charge in [0.15, 0.2) is 5.76 Å². The fourth-order valence-electron chi connectivity index (χ4n) is 2.74. The molecular formula is C13H19NO4. The Kier molecular flexibility index (Phi) is 2.62. The molecule has 3 unspecified atom stereocenters. The molecular weight excluding hydrogens is 234 g/mol. The third kappa shape index (κ3) is 1.68. The summed E-state index contributed by atoms with van der Waals surface area (Å²) in [5, 5.41) is 0. The molecule has 3 saturated heterocycles. The summed E-state index contributed by atoms with van der Waals surface area (Å²) in [7, 11) is 0. The second-order valence-electron chi connectivity index (χ2n) is 5.31. The van der Waals surface area contributed by atoms with Gasteiger partial charge in [-0.1, -0.05) is 0 Å². The van der Waals surface area contributed by atoms with Crippen molar-refractivity contribution in [2.24, 2.45) is 0 Å². The molecule has 5 heteroatoms. The fourth-order valence-corrected chi connectivity index (χ4v) is 2.74. The van der Waals surface area contributed by atoms with Gasteiger partial charge in [-0.25, -0.2) is 0 Å². The molecule has 0 spiro atoms. The van der Waals surface area contributed by atoms with Crippen LogP contribution in [0.5, 0.6) is 0 Å². The Balaban J connectivity index is 1.50. The second kappa shape index (κ2) is 4.31. The van der Waals surface area contributed by atoms with E-state index in [1.165, 1.54) is 6.42 Å². The van der Waals surface area contributed by atoms with Gasteiger partial charge in [0.1, 0.15) is 12.2 Å². The number of likely N-dealkylation sites (tertiary alicyclic amines) is 1. The molecule has 0 aromatic rings. The molecule has 0 aromatic heterocycles. The maximum atomic E-state index is 6.00. The van der Waals surface area contributed by atoms with Crippen molar-refractivity contribution in [2.75, 3.05) is 26.3 Å². The zero-order valence-corrected chi connectivity index (χ0v) is 10.5. The first-order valence-corrected chi connectivity index (χ1v) is 6.97. The zero-order valence-electron chi connectivity index (χ0n) is 10.5. The van der Waals surface area contributed by atoms with E-state index in [-0.39, 0.29) is 18.5 Å². The molecule has 4 aliphatic rings. The Morgan fingerprint density at radius 1 is 0.944 bits per heavy atom. The van der Waals surface area contributed by atoms with Crippen LogP contribution in [-0.4, -0.2) is 49.7 Å². The molecule has 3 atom stereocenters. The molecule has 0 radical (unpaired) electrons. The third-order valence-corrected chi connectivity index (χ3v) is 4.08. The molecule has 0 aromatic carbocycles. The lowest BCUT2D eigenvalue weighted by Gasteiger charge is -2.34. The van der Waals surface area contributed by atoms with E-state index in [0.29, 0.717) is 0 Å². The van der Waals surface area contributed by atoms with Crippen molar-refractivity contribution in [1.82, 2.24) is 4.90 Å². The van der Waals surface area contributed by atoms with E-state index in [1.807, 2.05) is 0 Å². The molecule has 4 aliphatic heterocycles. The molecule has 4 rings (SSSR count). The lowest BCUT2D eigenvalue weighted by Crippen LogP contribution is -2.39. The van der Waals surface area contributed by atoms with Crippen LogP contribution in [0.4, 0.5) is 0 Å². The smallest absolute Gasteiger partial charge is 0.268 e. The molecule has 18 heavy (non-hydrogen) atoms. The Hall–Kier alpha value is -0.940. The number of ether oxygens (including phenoxy) is 4. The number of hydrogen-bond acceptors (Lipinski definition) is 5. The highest BCUT2D eigenvalue weighted by molar-refractivity contribution is 5.14. The molecule has 0 bridgehead atoms. The summed E-state index contributed by atoms with van der Waals surface area (Å²) in [6.07, 6.45) is 4.32. The van der Waals surface area contributed by atoms with Crippen LogP contribution in [0.15, 0.2) is 11.6 Å². The minimum absolute atomic E-state index is 0.0823. The monoisotopic (exact) mass is 253 g/mol. The Morgan fingerprint density at radius 3 is 2.39 bits per heavy atom. The third-order valence-electron chi connectivity index (χ3n) is 4.08. The maximum Gasteiger partial charge on any atom is 0.268 e. The molecule has 5 nitrogen and oxygen atoms in total. The highest BCUT2D eigenvalue weighted by Gasteiger charge is 2.43. The van der Waals surface area contributed by atoms with Gasteiger partial charge < -0.3 is 23.8 Å². The first-order valence-electron chi connectivity index (χ1n) is 6.97. The first kappa shape index (κ1) is 10.9. The topological polar surface area (TPSA) is 40.2 Å². The standard InChI is InChI=1S/C13H19NO4/c1-3-10(15-7-1)13-17-11(9-4-8-16-9)12(18-13)14-5-2-6-14/h9-10,13H,1-8H2. The lowest BCUT2D eigenvalue weighted by atomic mass is 10.1. The van der Waals surface area contributed by atoms with Crippen molar-refractivity contribution in [3.63, 3.8) is 0 Å². The summed E-state index contributed by atoms with van der Waals surface area (Å²) < 4.78 is 23.2. The average Bonchev–Trinajstić information content (AvgIpc) is 2.82. The summed E-state index contributed by atoms with van der Waals surface area (Å²) in [5.74, 6) is 1.81. The molecule has 0 saturated carbocycles. The number of nitrogens with zero attached hydrogens (tertiary/aromatic N) is 1. The summed E-state index contributed by atoms with van der Waals surface area (Å²) in [4.78, 5) is 2.24. The molecule has 3 fully saturated rings. The lowest BCUT2D eigenvalue weighted by molar-refractivity contribution is -0.146. The summed E-state index contributed by atoms with van der Waals surface area (Å²) in [5.41, 5.74) is 0. The van der Waals surface area contributed by atoms with Gasteiger partial charge in [0.2, 0.25) is 5.88 Å². The van der Waals surface area contributed by atoms with Gasteiger partial charge >= 0.3 is 0 Å². The van der Waals surface area contributed by atoms with E-state index in [0.717, 1.165) is 57.2 Å². The van der Waals surface area contributed by atoms with E-state index in [2.05, 4.69) is 4.90 Å². The molecule has 0 N–H and O–H groups in total. The van der Waals surface area contributed by atoms with E-state index in [9.17, 15) is 0 Å². The van der Waals surface area contributed by atoms with Crippen LogP contribution < -0.4 is 0 Å². The maximum absolute atomic E-state index is 6.00. The minimum atomic E-state index is -0.262. The Bertz CT molecular complexity index is 330. The summed E-state index contributed by atoms with van der Waals surface area (Å²) >= 11 is 0. The summed E-state index contributed by atoms with van der Waals surface area (Å²) in [6, 6.07) is 0. The molecule has 0 amide bonds. The fraction of sp³-hybridized carbons (Fsp3) is 0.846. The quantitative estimate of drug-likeness (QED) is 0.756. The van der Waals surface area contributed by atoms with Gasteiger partial charge in [0.25, 0.3) is 6.29 Å². The van der Waals surface area contributed by atoms with Crippen LogP contribution in [0.2, 0.25) is 0 Å². The van der Waals surface area contributed by atoms with Crippen molar-refractivity contribution in [3.05, 3.63) is 11.6 Å². The predicted octanol–water partition coefficient (Wildman–Crippen LogP) is 1.20.